The van der Waals surface area contributed by atoms with Crippen LogP contribution in [0.1, 0.15) is 59.5 Å². The van der Waals surface area contributed by atoms with Crippen LogP contribution >= 0.6 is 0 Å². The lowest BCUT2D eigenvalue weighted by atomic mass is 9.55. The molecule has 1 aromatic rings. The lowest BCUT2D eigenvalue weighted by Gasteiger charge is -2.61. The zero-order valence-corrected chi connectivity index (χ0v) is 16.7. The van der Waals surface area contributed by atoms with Gasteiger partial charge >= 0.3 is 0 Å². The number of anilines is 1. The SMILES string of the molecule is COCc1cc(N(C)C2CC(C)(OC)C2(C)C)nc(C(C)(C)C)n1. The van der Waals surface area contributed by atoms with Crippen LogP contribution in [0.4, 0.5) is 5.82 Å². The molecule has 136 valence electrons. The fourth-order valence-electron chi connectivity index (χ4n) is 3.46. The minimum Gasteiger partial charge on any atom is -0.378 e. The fraction of sp³-hybridized carbons (Fsp3) is 0.789. The Labute approximate surface area is 146 Å². The molecule has 1 aliphatic rings. The number of nitrogens with zero attached hydrogens (tertiary/aromatic N) is 3. The van der Waals surface area contributed by atoms with Gasteiger partial charge in [0.2, 0.25) is 0 Å². The Morgan fingerprint density at radius 3 is 2.29 bits per heavy atom. The van der Waals surface area contributed by atoms with Crippen molar-refractivity contribution >= 4 is 5.82 Å². The Bertz CT molecular complexity index is 595. The fourth-order valence-corrected chi connectivity index (χ4v) is 3.46. The number of rotatable bonds is 5. The molecule has 1 heterocycles. The maximum absolute atomic E-state index is 5.77. The molecule has 5 heteroatoms. The van der Waals surface area contributed by atoms with Crippen molar-refractivity contribution in [2.45, 2.75) is 71.6 Å². The van der Waals surface area contributed by atoms with Crippen LogP contribution in [0.3, 0.4) is 0 Å². The standard InChI is InChI=1S/C19H33N3O2/c1-17(2,3)16-20-13(12-23-8)10-15(21-16)22(7)14-11-19(6,24-9)18(14,4)5/h10,14H,11-12H2,1-9H3. The largest absolute Gasteiger partial charge is 0.378 e. The van der Waals surface area contributed by atoms with E-state index in [1.165, 1.54) is 0 Å². The lowest BCUT2D eigenvalue weighted by molar-refractivity contribution is -0.172. The molecule has 24 heavy (non-hydrogen) atoms. The summed E-state index contributed by atoms with van der Waals surface area (Å²) in [6.45, 7) is 13.6. The predicted molar refractivity (Wildman–Crippen MR) is 97.4 cm³/mol. The quantitative estimate of drug-likeness (QED) is 0.823. The third-order valence-electron chi connectivity index (χ3n) is 5.79. The van der Waals surface area contributed by atoms with Gasteiger partial charge in [0.15, 0.2) is 0 Å². The zero-order valence-electron chi connectivity index (χ0n) is 16.7. The highest BCUT2D eigenvalue weighted by molar-refractivity contribution is 5.43. The van der Waals surface area contributed by atoms with Crippen LogP contribution in [0.2, 0.25) is 0 Å². The lowest BCUT2D eigenvalue weighted by Crippen LogP contribution is -2.68. The van der Waals surface area contributed by atoms with Gasteiger partial charge in [-0.25, -0.2) is 9.97 Å². The maximum Gasteiger partial charge on any atom is 0.136 e. The number of methoxy groups -OCH3 is 2. The first-order chi connectivity index (χ1) is 11.0. The van der Waals surface area contributed by atoms with Crippen LogP contribution in [-0.2, 0) is 21.5 Å². The Morgan fingerprint density at radius 1 is 1.21 bits per heavy atom. The number of aromatic nitrogens is 2. The first kappa shape index (κ1) is 19.1. The van der Waals surface area contributed by atoms with Crippen molar-refractivity contribution in [1.82, 2.24) is 9.97 Å². The number of hydrogen-bond donors (Lipinski definition) is 0. The average Bonchev–Trinajstić information content (AvgIpc) is 2.50. The Hall–Kier alpha value is -1.20. The van der Waals surface area contributed by atoms with Gasteiger partial charge in [0.1, 0.15) is 11.6 Å². The van der Waals surface area contributed by atoms with E-state index >= 15 is 0 Å². The number of hydrogen-bond acceptors (Lipinski definition) is 5. The minimum atomic E-state index is -0.102. The van der Waals surface area contributed by atoms with E-state index in [4.69, 9.17) is 14.5 Å². The summed E-state index contributed by atoms with van der Waals surface area (Å²) in [4.78, 5) is 11.8. The molecule has 0 radical (unpaired) electrons. The highest BCUT2D eigenvalue weighted by atomic mass is 16.5. The third kappa shape index (κ3) is 3.16. The first-order valence-corrected chi connectivity index (χ1v) is 8.61. The second-order valence-electron chi connectivity index (χ2n) is 8.71. The van der Waals surface area contributed by atoms with Crippen molar-refractivity contribution in [3.05, 3.63) is 17.6 Å². The molecule has 0 aromatic carbocycles. The molecule has 2 unspecified atom stereocenters. The smallest absolute Gasteiger partial charge is 0.136 e. The summed E-state index contributed by atoms with van der Waals surface area (Å²) in [6, 6.07) is 2.41. The topological polar surface area (TPSA) is 47.5 Å². The molecule has 0 aliphatic heterocycles. The second kappa shape index (κ2) is 6.26. The summed E-state index contributed by atoms with van der Waals surface area (Å²) in [6.07, 6.45) is 0.988. The van der Waals surface area contributed by atoms with E-state index in [1.54, 1.807) is 14.2 Å². The van der Waals surface area contributed by atoms with E-state index in [-0.39, 0.29) is 16.4 Å². The number of ether oxygens (including phenoxy) is 2. The normalized spacial score (nSPS) is 26.1. The van der Waals surface area contributed by atoms with Gasteiger partial charge in [0.05, 0.1) is 17.9 Å². The van der Waals surface area contributed by atoms with Gasteiger partial charge in [-0.1, -0.05) is 34.6 Å². The van der Waals surface area contributed by atoms with Crippen LogP contribution in [-0.4, -0.2) is 42.9 Å². The van der Waals surface area contributed by atoms with Crippen LogP contribution in [0.15, 0.2) is 6.07 Å². The zero-order chi connectivity index (χ0) is 18.3. The first-order valence-electron chi connectivity index (χ1n) is 8.61. The Balaban J connectivity index is 2.36. The highest BCUT2D eigenvalue weighted by Crippen LogP contribution is 2.54. The molecule has 2 rings (SSSR count). The Kier molecular flexibility index (Phi) is 4.99. The van der Waals surface area contributed by atoms with E-state index in [0.717, 1.165) is 23.8 Å². The molecule has 1 saturated carbocycles. The van der Waals surface area contributed by atoms with E-state index in [1.807, 2.05) is 6.07 Å². The molecule has 0 amide bonds. The molecule has 5 nitrogen and oxygen atoms in total. The van der Waals surface area contributed by atoms with Crippen LogP contribution in [0, 0.1) is 5.41 Å². The van der Waals surface area contributed by atoms with Crippen molar-refractivity contribution in [2.24, 2.45) is 5.41 Å². The predicted octanol–water partition coefficient (Wildman–Crippen LogP) is 3.56. The maximum atomic E-state index is 5.77. The van der Waals surface area contributed by atoms with Crippen molar-refractivity contribution in [2.75, 3.05) is 26.2 Å². The summed E-state index contributed by atoms with van der Waals surface area (Å²) in [5, 5.41) is 0. The molecule has 0 saturated heterocycles. The van der Waals surface area contributed by atoms with E-state index in [2.05, 4.69) is 58.5 Å². The summed E-state index contributed by atoms with van der Waals surface area (Å²) < 4.78 is 11.1. The van der Waals surface area contributed by atoms with Crippen molar-refractivity contribution < 1.29 is 9.47 Å². The minimum absolute atomic E-state index is 0.0464. The van der Waals surface area contributed by atoms with Crippen LogP contribution in [0.25, 0.3) is 0 Å². The molecule has 1 aromatic heterocycles. The van der Waals surface area contributed by atoms with E-state index < -0.39 is 0 Å². The average molecular weight is 335 g/mol. The third-order valence-corrected chi connectivity index (χ3v) is 5.79. The molecular weight excluding hydrogens is 302 g/mol. The van der Waals surface area contributed by atoms with Crippen molar-refractivity contribution in [1.29, 1.82) is 0 Å². The summed E-state index contributed by atoms with van der Waals surface area (Å²) in [7, 11) is 5.62. The van der Waals surface area contributed by atoms with Gasteiger partial charge in [-0.3, -0.25) is 0 Å². The van der Waals surface area contributed by atoms with Gasteiger partial charge in [-0.2, -0.15) is 0 Å². The van der Waals surface area contributed by atoms with Gasteiger partial charge in [-0.05, 0) is 13.3 Å². The van der Waals surface area contributed by atoms with Gasteiger partial charge in [0, 0.05) is 44.2 Å². The van der Waals surface area contributed by atoms with Gasteiger partial charge in [0.25, 0.3) is 0 Å². The van der Waals surface area contributed by atoms with Crippen molar-refractivity contribution in [3.63, 3.8) is 0 Å². The van der Waals surface area contributed by atoms with Gasteiger partial charge < -0.3 is 14.4 Å². The molecular formula is C19H33N3O2. The molecule has 1 fully saturated rings. The molecule has 1 aliphatic carbocycles. The van der Waals surface area contributed by atoms with Crippen LogP contribution in [0.5, 0.6) is 0 Å². The molecule has 2 atom stereocenters. The monoisotopic (exact) mass is 335 g/mol. The second-order valence-corrected chi connectivity index (χ2v) is 8.71. The molecule has 0 bridgehead atoms. The molecule has 0 spiro atoms. The highest BCUT2D eigenvalue weighted by Gasteiger charge is 2.59. The van der Waals surface area contributed by atoms with E-state index in [9.17, 15) is 0 Å². The summed E-state index contributed by atoms with van der Waals surface area (Å²) >= 11 is 0. The summed E-state index contributed by atoms with van der Waals surface area (Å²) in [5.74, 6) is 1.81. The van der Waals surface area contributed by atoms with E-state index in [0.29, 0.717) is 12.6 Å². The van der Waals surface area contributed by atoms with Crippen molar-refractivity contribution in [3.8, 4) is 0 Å². The summed E-state index contributed by atoms with van der Waals surface area (Å²) in [5.41, 5.74) is 0.771. The molecule has 0 N–H and O–H groups in total. The van der Waals surface area contributed by atoms with Gasteiger partial charge in [-0.15, -0.1) is 0 Å². The van der Waals surface area contributed by atoms with Crippen LogP contribution < -0.4 is 4.90 Å². The Morgan fingerprint density at radius 2 is 1.83 bits per heavy atom.